The highest BCUT2D eigenvalue weighted by Crippen LogP contribution is 2.68. The Labute approximate surface area is 409 Å². The van der Waals surface area contributed by atoms with E-state index in [1.54, 1.807) is 0 Å². The van der Waals surface area contributed by atoms with Crippen molar-refractivity contribution in [2.75, 3.05) is 13.2 Å². The standard InChI is InChI=1S/C34H14F42N2O2/c35-15(36,17(39,40)19(43,44)21(47,48)23(51,52)25(55,56)27(59,60)29(63,64)31(67,68)33(71,72)73)9-79-7-11-1-3-77-13(5-11)14-6-12(2-4-78-14)8-80-10-16(37,38)18(41,42)20(45,46)22(49,50)24(53,54)26(57,58)28(61,62)30(65,66)32(69,70)34(74,75)76/h1-6H,7-10H2. The van der Waals surface area contributed by atoms with Crippen molar-refractivity contribution >= 4 is 0 Å². The molecule has 0 radical (unpaired) electrons. The fourth-order valence-corrected chi connectivity index (χ4v) is 5.37. The summed E-state index contributed by atoms with van der Waals surface area (Å²) in [4.78, 5) is 6.79. The first kappa shape index (κ1) is 71.4. The van der Waals surface area contributed by atoms with Crippen LogP contribution in [-0.4, -0.2) is 142 Å². The minimum Gasteiger partial charge on any atom is -0.370 e. The molecule has 466 valence electrons. The van der Waals surface area contributed by atoms with Crippen LogP contribution in [0.2, 0.25) is 0 Å². The molecule has 0 atom stereocenters. The molecule has 0 fully saturated rings. The van der Waals surface area contributed by atoms with Gasteiger partial charge in [0.05, 0.1) is 24.6 Å². The van der Waals surface area contributed by atoms with Crippen LogP contribution < -0.4 is 0 Å². The number of alkyl halides is 42. The zero-order chi connectivity index (χ0) is 64.2. The minimum absolute atomic E-state index is 0.349. The van der Waals surface area contributed by atoms with E-state index in [4.69, 9.17) is 0 Å². The maximum atomic E-state index is 14.3. The Morgan fingerprint density at radius 1 is 0.250 bits per heavy atom. The highest BCUT2D eigenvalue weighted by Gasteiger charge is 3.00. The van der Waals surface area contributed by atoms with Crippen molar-refractivity contribution < 1.29 is 194 Å². The third-order valence-electron chi connectivity index (χ3n) is 10.2. The van der Waals surface area contributed by atoms with Gasteiger partial charge in [0, 0.05) is 12.4 Å². The minimum atomic E-state index is -9.46. The quantitative estimate of drug-likeness (QED) is 0.0930. The first-order valence-corrected chi connectivity index (χ1v) is 18.6. The van der Waals surface area contributed by atoms with Crippen LogP contribution in [0.25, 0.3) is 11.4 Å². The molecule has 0 spiro atoms. The smallest absolute Gasteiger partial charge is 0.370 e. The van der Waals surface area contributed by atoms with Crippen molar-refractivity contribution in [3.8, 4) is 11.4 Å². The largest absolute Gasteiger partial charge is 0.460 e. The number of ether oxygens (including phenoxy) is 2. The van der Waals surface area contributed by atoms with Crippen molar-refractivity contribution in [3.05, 3.63) is 47.8 Å². The molecule has 0 unspecified atom stereocenters. The van der Waals surface area contributed by atoms with Crippen LogP contribution in [0.3, 0.4) is 0 Å². The van der Waals surface area contributed by atoms with Gasteiger partial charge in [-0.25, -0.2) is 0 Å². The Kier molecular flexibility index (Phi) is 17.8. The van der Waals surface area contributed by atoms with Crippen LogP contribution in [-0.2, 0) is 22.7 Å². The number of halogens is 42. The Bertz CT molecular complexity index is 2320. The molecule has 0 aliphatic rings. The second kappa shape index (κ2) is 20.0. The van der Waals surface area contributed by atoms with E-state index >= 15 is 0 Å². The van der Waals surface area contributed by atoms with Gasteiger partial charge in [0.25, 0.3) is 0 Å². The van der Waals surface area contributed by atoms with Gasteiger partial charge in [-0.05, 0) is 35.4 Å². The molecule has 0 saturated carbocycles. The summed E-state index contributed by atoms with van der Waals surface area (Å²) in [6, 6.07) is 1.59. The first-order chi connectivity index (χ1) is 34.6. The molecule has 2 heterocycles. The molecule has 0 amide bonds. The van der Waals surface area contributed by atoms with Gasteiger partial charge in [-0.15, -0.1) is 0 Å². The second-order valence-corrected chi connectivity index (χ2v) is 15.7. The molecule has 0 aliphatic heterocycles. The topological polar surface area (TPSA) is 44.2 Å². The Balaban J connectivity index is 2.37. The summed E-state index contributed by atoms with van der Waals surface area (Å²) in [6.45, 7) is -10.9. The molecule has 2 aromatic heterocycles. The monoisotopic (exact) mass is 1280 g/mol. The van der Waals surface area contributed by atoms with Gasteiger partial charge >= 0.3 is 119 Å². The number of hydrogen-bond acceptors (Lipinski definition) is 4. The van der Waals surface area contributed by atoms with Gasteiger partial charge in [-0.1, -0.05) is 0 Å². The van der Waals surface area contributed by atoms with E-state index in [1.807, 2.05) is 0 Å². The zero-order valence-electron chi connectivity index (χ0n) is 35.9. The molecule has 46 heteroatoms. The summed E-state index contributed by atoms with van der Waals surface area (Å²) in [6.07, 6.45) is -15.6. The van der Waals surface area contributed by atoms with E-state index in [0.717, 1.165) is 0 Å². The van der Waals surface area contributed by atoms with Gasteiger partial charge < -0.3 is 9.47 Å². The van der Waals surface area contributed by atoms with Crippen LogP contribution in [0.5, 0.6) is 0 Å². The van der Waals surface area contributed by atoms with Crippen LogP contribution in [0.15, 0.2) is 36.7 Å². The summed E-state index contributed by atoms with van der Waals surface area (Å²) >= 11 is 0. The molecule has 0 saturated heterocycles. The summed E-state index contributed by atoms with van der Waals surface area (Å²) in [7, 11) is 0. The maximum Gasteiger partial charge on any atom is 0.460 e. The number of rotatable bonds is 25. The summed E-state index contributed by atoms with van der Waals surface area (Å²) in [5.41, 5.74) is -3.54. The lowest BCUT2D eigenvalue weighted by molar-refractivity contribution is -0.474. The predicted molar refractivity (Wildman–Crippen MR) is 168 cm³/mol. The van der Waals surface area contributed by atoms with E-state index in [0.29, 0.717) is 36.7 Å². The number of hydrogen-bond donors (Lipinski definition) is 0. The van der Waals surface area contributed by atoms with Crippen molar-refractivity contribution in [3.63, 3.8) is 0 Å². The van der Waals surface area contributed by atoms with Crippen molar-refractivity contribution in [2.45, 2.75) is 132 Å². The lowest BCUT2D eigenvalue weighted by Crippen LogP contribution is -2.77. The Morgan fingerprint density at radius 3 is 0.613 bits per heavy atom. The van der Waals surface area contributed by atoms with Crippen molar-refractivity contribution in [1.82, 2.24) is 9.97 Å². The average molecular weight is 1280 g/mol. The lowest BCUT2D eigenvalue weighted by Gasteiger charge is -2.44. The molecular formula is C34H14F42N2O2. The maximum absolute atomic E-state index is 14.3. The molecule has 2 aromatic rings. The van der Waals surface area contributed by atoms with Crippen LogP contribution >= 0.6 is 0 Å². The molecule has 80 heavy (non-hydrogen) atoms. The summed E-state index contributed by atoms with van der Waals surface area (Å²) in [5.74, 6) is -160. The third kappa shape index (κ3) is 10.0. The van der Waals surface area contributed by atoms with Gasteiger partial charge in [0.1, 0.15) is 13.2 Å². The van der Waals surface area contributed by atoms with Crippen LogP contribution in [0.1, 0.15) is 11.1 Å². The SMILES string of the molecule is FC(F)(F)C(F)(F)C(F)(F)C(F)(F)C(F)(F)C(F)(F)C(F)(F)C(F)(F)C(F)(F)C(F)(F)COCc1ccnc(-c2cc(COCC(F)(F)C(F)(F)C(F)(F)C(F)(F)C(F)(F)C(F)(F)C(F)(F)C(F)(F)C(F)(F)C(F)(F)F)ccn2)c1. The van der Waals surface area contributed by atoms with E-state index in [2.05, 4.69) is 19.4 Å². The summed E-state index contributed by atoms with van der Waals surface area (Å²) in [5, 5.41) is 0. The molecule has 4 nitrogen and oxygen atoms in total. The normalized spacial score (nSPS) is 16.2. The van der Waals surface area contributed by atoms with Gasteiger partial charge in [0.2, 0.25) is 0 Å². The highest BCUT2D eigenvalue weighted by atomic mass is 19.5. The molecular weight excluding hydrogens is 1270 g/mol. The Hall–Kier alpha value is -4.72. The fourth-order valence-electron chi connectivity index (χ4n) is 5.37. The zero-order valence-corrected chi connectivity index (χ0v) is 35.9. The van der Waals surface area contributed by atoms with E-state index in [1.165, 1.54) is 0 Å². The van der Waals surface area contributed by atoms with Crippen LogP contribution in [0, 0.1) is 0 Å². The van der Waals surface area contributed by atoms with Gasteiger partial charge in [-0.2, -0.15) is 184 Å². The molecule has 0 N–H and O–H groups in total. The molecule has 2 rings (SSSR count). The fraction of sp³-hybridized carbons (Fsp3) is 0.706. The van der Waals surface area contributed by atoms with Gasteiger partial charge in [-0.3, -0.25) is 9.97 Å². The number of aromatic nitrogens is 2. The van der Waals surface area contributed by atoms with E-state index in [9.17, 15) is 184 Å². The molecule has 0 aliphatic carbocycles. The van der Waals surface area contributed by atoms with Gasteiger partial charge in [0.15, 0.2) is 0 Å². The van der Waals surface area contributed by atoms with E-state index in [-0.39, 0.29) is 0 Å². The highest BCUT2D eigenvalue weighted by molar-refractivity contribution is 5.55. The third-order valence-corrected chi connectivity index (χ3v) is 10.2. The average Bonchev–Trinajstić information content (AvgIpc) is 3.27. The van der Waals surface area contributed by atoms with Crippen molar-refractivity contribution in [1.29, 1.82) is 0 Å². The van der Waals surface area contributed by atoms with Crippen molar-refractivity contribution in [2.24, 2.45) is 0 Å². The molecule has 0 bridgehead atoms. The predicted octanol–water partition coefficient (Wildman–Crippen LogP) is 15.7. The second-order valence-electron chi connectivity index (χ2n) is 15.7. The van der Waals surface area contributed by atoms with Crippen LogP contribution in [0.4, 0.5) is 184 Å². The number of nitrogens with zero attached hydrogens (tertiary/aromatic N) is 2. The molecule has 0 aromatic carbocycles. The lowest BCUT2D eigenvalue weighted by atomic mass is 9.86. The van der Waals surface area contributed by atoms with E-state index < -0.39 is 168 Å². The first-order valence-electron chi connectivity index (χ1n) is 18.6. The summed E-state index contributed by atoms with van der Waals surface area (Å²) < 4.78 is 580. The number of pyridine rings is 2. The Morgan fingerprint density at radius 2 is 0.425 bits per heavy atom.